The highest BCUT2D eigenvalue weighted by Crippen LogP contribution is 2.28. The van der Waals surface area contributed by atoms with Crippen molar-refractivity contribution in [3.05, 3.63) is 54.1 Å². The molecule has 0 spiro atoms. The minimum absolute atomic E-state index is 0.0712. The van der Waals surface area contributed by atoms with Crippen molar-refractivity contribution in [2.24, 2.45) is 0 Å². The maximum atomic E-state index is 13.0. The maximum absolute atomic E-state index is 13.0. The molecule has 9 nitrogen and oxygen atoms in total. The Labute approximate surface area is 184 Å². The van der Waals surface area contributed by atoms with E-state index in [4.69, 9.17) is 9.47 Å². The molecule has 2 aromatic carbocycles. The van der Waals surface area contributed by atoms with Crippen LogP contribution in [-0.4, -0.2) is 44.8 Å². The van der Waals surface area contributed by atoms with Gasteiger partial charge in [0.15, 0.2) is 6.61 Å². The molecular weight excluding hydrogens is 440 g/mol. The lowest BCUT2D eigenvalue weighted by molar-refractivity contribution is -0.118. The van der Waals surface area contributed by atoms with Gasteiger partial charge in [0.2, 0.25) is 5.13 Å². The van der Waals surface area contributed by atoms with Gasteiger partial charge in [0, 0.05) is 6.54 Å². The van der Waals surface area contributed by atoms with E-state index < -0.39 is 15.9 Å². The van der Waals surface area contributed by atoms with Gasteiger partial charge in [-0.05, 0) is 50.2 Å². The van der Waals surface area contributed by atoms with Crippen LogP contribution in [0.4, 0.5) is 10.8 Å². The van der Waals surface area contributed by atoms with E-state index in [1.165, 1.54) is 11.4 Å². The molecule has 0 saturated heterocycles. The van der Waals surface area contributed by atoms with E-state index >= 15 is 0 Å². The molecule has 3 aromatic rings. The number of aromatic nitrogens is 2. The number of hydrogen-bond acceptors (Lipinski definition) is 8. The number of nitrogens with one attached hydrogen (secondary N) is 1. The summed E-state index contributed by atoms with van der Waals surface area (Å²) in [5.74, 6) is 0.702. The third kappa shape index (κ3) is 5.50. The molecule has 31 heavy (non-hydrogen) atoms. The third-order valence-corrected chi connectivity index (χ3v) is 7.29. The van der Waals surface area contributed by atoms with Crippen molar-refractivity contribution in [3.8, 4) is 11.5 Å². The summed E-state index contributed by atoms with van der Waals surface area (Å²) in [6.07, 6.45) is 0. The fourth-order valence-electron chi connectivity index (χ4n) is 2.64. The molecule has 1 aromatic heterocycles. The quantitative estimate of drug-likeness (QED) is 0.487. The van der Waals surface area contributed by atoms with Crippen LogP contribution in [0.2, 0.25) is 0 Å². The molecule has 0 bridgehead atoms. The molecule has 3 rings (SSSR count). The largest absolute Gasteiger partial charge is 0.497 e. The molecule has 1 amide bonds. The monoisotopic (exact) mass is 462 g/mol. The maximum Gasteiger partial charge on any atom is 0.293 e. The molecule has 11 heteroatoms. The predicted octanol–water partition coefficient (Wildman–Crippen LogP) is 3.09. The first-order valence-electron chi connectivity index (χ1n) is 9.33. The van der Waals surface area contributed by atoms with Crippen LogP contribution < -0.4 is 19.1 Å². The number of rotatable bonds is 9. The van der Waals surface area contributed by atoms with Gasteiger partial charge in [0.25, 0.3) is 20.3 Å². The SMILES string of the molecule is CCN(c1ccc(OC)cc1)S(=O)(=O)c1nnc(NC(=O)COc2ccc(C)cc2)s1. The van der Waals surface area contributed by atoms with Gasteiger partial charge in [-0.25, -0.2) is 0 Å². The van der Waals surface area contributed by atoms with Crippen molar-refractivity contribution in [1.82, 2.24) is 10.2 Å². The van der Waals surface area contributed by atoms with Crippen LogP contribution in [0.15, 0.2) is 52.9 Å². The molecule has 1 heterocycles. The number of carbonyl (C=O) groups is 1. The lowest BCUT2D eigenvalue weighted by atomic mass is 10.2. The molecule has 0 fully saturated rings. The zero-order chi connectivity index (χ0) is 22.4. The second-order valence-electron chi connectivity index (χ2n) is 6.39. The number of aryl methyl sites for hydroxylation is 1. The van der Waals surface area contributed by atoms with Crippen LogP contribution in [-0.2, 0) is 14.8 Å². The Morgan fingerprint density at radius 1 is 1.06 bits per heavy atom. The zero-order valence-corrected chi connectivity index (χ0v) is 18.9. The van der Waals surface area contributed by atoms with Gasteiger partial charge in [0.05, 0.1) is 12.8 Å². The van der Waals surface area contributed by atoms with E-state index in [0.29, 0.717) is 17.2 Å². The number of anilines is 2. The molecule has 164 valence electrons. The summed E-state index contributed by atoms with van der Waals surface area (Å²) < 4.78 is 37.5. The van der Waals surface area contributed by atoms with Gasteiger partial charge >= 0.3 is 0 Å². The Morgan fingerprint density at radius 2 is 1.71 bits per heavy atom. The number of ether oxygens (including phenoxy) is 2. The van der Waals surface area contributed by atoms with E-state index in [9.17, 15) is 13.2 Å². The van der Waals surface area contributed by atoms with E-state index in [0.717, 1.165) is 16.9 Å². The molecule has 0 atom stereocenters. The number of amides is 1. The van der Waals surface area contributed by atoms with Gasteiger partial charge in [-0.2, -0.15) is 8.42 Å². The Hall–Kier alpha value is -3.18. The van der Waals surface area contributed by atoms with Gasteiger partial charge in [-0.1, -0.05) is 29.0 Å². The highest BCUT2D eigenvalue weighted by molar-refractivity contribution is 7.94. The summed E-state index contributed by atoms with van der Waals surface area (Å²) in [5.41, 5.74) is 1.55. The smallest absolute Gasteiger partial charge is 0.293 e. The molecule has 0 unspecified atom stereocenters. The highest BCUT2D eigenvalue weighted by atomic mass is 32.2. The second-order valence-corrected chi connectivity index (χ2v) is 9.40. The second kappa shape index (κ2) is 9.75. The number of carbonyl (C=O) groups excluding carboxylic acids is 1. The van der Waals surface area contributed by atoms with E-state index in [1.807, 2.05) is 19.1 Å². The van der Waals surface area contributed by atoms with Crippen LogP contribution in [0.25, 0.3) is 0 Å². The fourth-order valence-corrected chi connectivity index (χ4v) is 5.13. The molecule has 0 aliphatic heterocycles. The lowest BCUT2D eigenvalue weighted by Crippen LogP contribution is -2.30. The molecule has 0 aliphatic carbocycles. The number of hydrogen-bond donors (Lipinski definition) is 1. The third-order valence-electron chi connectivity index (χ3n) is 4.20. The highest BCUT2D eigenvalue weighted by Gasteiger charge is 2.28. The van der Waals surface area contributed by atoms with Gasteiger partial charge in [-0.15, -0.1) is 10.2 Å². The van der Waals surface area contributed by atoms with Gasteiger partial charge < -0.3 is 9.47 Å². The average Bonchev–Trinajstić information content (AvgIpc) is 3.23. The van der Waals surface area contributed by atoms with E-state index in [2.05, 4.69) is 15.5 Å². The summed E-state index contributed by atoms with van der Waals surface area (Å²) in [6, 6.07) is 13.9. The molecule has 0 aliphatic rings. The summed E-state index contributed by atoms with van der Waals surface area (Å²) in [6.45, 7) is 3.62. The molecule has 1 N–H and O–H groups in total. The molecular formula is C20H22N4O5S2. The normalized spacial score (nSPS) is 11.1. The number of benzene rings is 2. The Morgan fingerprint density at radius 3 is 2.32 bits per heavy atom. The minimum atomic E-state index is -3.94. The van der Waals surface area contributed by atoms with E-state index in [1.54, 1.807) is 43.3 Å². The lowest BCUT2D eigenvalue weighted by Gasteiger charge is -2.21. The minimum Gasteiger partial charge on any atom is -0.497 e. The Balaban J connectivity index is 1.67. The Kier molecular flexibility index (Phi) is 7.08. The van der Waals surface area contributed by atoms with Crippen molar-refractivity contribution < 1.29 is 22.7 Å². The first-order valence-corrected chi connectivity index (χ1v) is 11.6. The average molecular weight is 463 g/mol. The van der Waals surface area contributed by atoms with Crippen molar-refractivity contribution in [2.75, 3.05) is 29.9 Å². The van der Waals surface area contributed by atoms with Crippen molar-refractivity contribution in [1.29, 1.82) is 0 Å². The van der Waals surface area contributed by atoms with Crippen LogP contribution in [0.5, 0.6) is 11.5 Å². The zero-order valence-electron chi connectivity index (χ0n) is 17.2. The first-order chi connectivity index (χ1) is 14.8. The summed E-state index contributed by atoms with van der Waals surface area (Å²) in [7, 11) is -2.41. The van der Waals surface area contributed by atoms with Gasteiger partial charge in [-0.3, -0.25) is 14.4 Å². The number of methoxy groups -OCH3 is 1. The van der Waals surface area contributed by atoms with E-state index in [-0.39, 0.29) is 22.6 Å². The van der Waals surface area contributed by atoms with Crippen molar-refractivity contribution >= 4 is 38.1 Å². The topological polar surface area (TPSA) is 111 Å². The van der Waals surface area contributed by atoms with Crippen LogP contribution in [0.3, 0.4) is 0 Å². The summed E-state index contributed by atoms with van der Waals surface area (Å²) in [4.78, 5) is 12.1. The predicted molar refractivity (Wildman–Crippen MR) is 118 cm³/mol. The standard InChI is InChI=1S/C20H22N4O5S2/c1-4-24(15-7-11-16(28-3)12-8-15)31(26,27)20-23-22-19(30-20)21-18(25)13-29-17-9-5-14(2)6-10-17/h5-12H,4,13H2,1-3H3,(H,21,22,25). The Bertz CT molecular complexity index is 1130. The number of nitrogens with zero attached hydrogens (tertiary/aromatic N) is 3. The first kappa shape index (κ1) is 22.5. The van der Waals surface area contributed by atoms with Crippen LogP contribution >= 0.6 is 11.3 Å². The molecule has 0 saturated carbocycles. The van der Waals surface area contributed by atoms with Crippen molar-refractivity contribution in [3.63, 3.8) is 0 Å². The fraction of sp³-hybridized carbons (Fsp3) is 0.250. The van der Waals surface area contributed by atoms with Gasteiger partial charge in [0.1, 0.15) is 11.5 Å². The molecule has 0 radical (unpaired) electrons. The van der Waals surface area contributed by atoms with Crippen LogP contribution in [0.1, 0.15) is 12.5 Å². The van der Waals surface area contributed by atoms with Crippen molar-refractivity contribution in [2.45, 2.75) is 18.2 Å². The van der Waals surface area contributed by atoms with Crippen LogP contribution in [0, 0.1) is 6.92 Å². The number of sulfonamides is 1. The summed E-state index contributed by atoms with van der Waals surface area (Å²) >= 11 is 0.774. The summed E-state index contributed by atoms with van der Waals surface area (Å²) in [5, 5.41) is 10.1.